The molecule has 0 aromatic heterocycles. The molecule has 0 saturated heterocycles. The van der Waals surface area contributed by atoms with Gasteiger partial charge in [0.1, 0.15) is 11.4 Å². The highest BCUT2D eigenvalue weighted by atomic mass is 35.5. The number of carbonyl (C=O) groups is 1. The normalized spacial score (nSPS) is 15.0. The number of rotatable bonds is 0. The maximum Gasteiger partial charge on any atom is 0.410 e. The van der Waals surface area contributed by atoms with Crippen LogP contribution in [0.25, 0.3) is 0 Å². The molecule has 1 aromatic rings. The van der Waals surface area contributed by atoms with Gasteiger partial charge in [0.2, 0.25) is 0 Å². The van der Waals surface area contributed by atoms with Crippen LogP contribution >= 0.6 is 11.6 Å². The maximum atomic E-state index is 14.0. The Hall–Kier alpha value is -1.29. The standard InChI is InChI=1S/C15H19ClFNO2/c1-9-7-12(17)11-8-18(6-5-10(11)13(9)16)14(19)20-15(2,3)4/h7H,5-6,8H2,1-4H3. The number of fused-ring (bicyclic) bond motifs is 1. The van der Waals surface area contributed by atoms with Crippen molar-refractivity contribution in [1.29, 1.82) is 0 Å². The van der Waals surface area contributed by atoms with Gasteiger partial charge in [0.25, 0.3) is 0 Å². The molecule has 0 bridgehead atoms. The summed E-state index contributed by atoms with van der Waals surface area (Å²) in [5.74, 6) is -0.310. The second-order valence-corrected chi connectivity index (χ2v) is 6.48. The predicted octanol–water partition coefficient (Wildman–Crippen LogP) is 4.08. The molecule has 0 saturated carbocycles. The van der Waals surface area contributed by atoms with Gasteiger partial charge in [0.15, 0.2) is 0 Å². The van der Waals surface area contributed by atoms with Crippen molar-refractivity contribution in [2.24, 2.45) is 0 Å². The van der Waals surface area contributed by atoms with Gasteiger partial charge in [-0.3, -0.25) is 0 Å². The SMILES string of the molecule is Cc1cc(F)c2c(c1Cl)CCN(C(=O)OC(C)(C)C)C2. The number of halogens is 2. The minimum atomic E-state index is -0.555. The molecule has 5 heteroatoms. The summed E-state index contributed by atoms with van der Waals surface area (Å²) >= 11 is 6.22. The van der Waals surface area contributed by atoms with Crippen LogP contribution in [0.15, 0.2) is 6.07 Å². The summed E-state index contributed by atoms with van der Waals surface area (Å²) < 4.78 is 19.4. The summed E-state index contributed by atoms with van der Waals surface area (Å²) in [7, 11) is 0. The first kappa shape index (κ1) is 15.1. The third-order valence-electron chi connectivity index (χ3n) is 3.24. The second-order valence-electron chi connectivity index (χ2n) is 6.10. The summed E-state index contributed by atoms with van der Waals surface area (Å²) in [5.41, 5.74) is 1.48. The third kappa shape index (κ3) is 3.06. The molecule has 0 spiro atoms. The number of hydrogen-bond acceptors (Lipinski definition) is 2. The number of carbonyl (C=O) groups excluding carboxylic acids is 1. The summed E-state index contributed by atoms with van der Waals surface area (Å²) in [6.07, 6.45) is 0.130. The number of hydrogen-bond donors (Lipinski definition) is 0. The lowest BCUT2D eigenvalue weighted by atomic mass is 9.97. The molecule has 3 nitrogen and oxygen atoms in total. The summed E-state index contributed by atoms with van der Waals surface area (Å²) in [5, 5.41) is 0.602. The van der Waals surface area contributed by atoms with Gasteiger partial charge in [-0.15, -0.1) is 0 Å². The Kier molecular flexibility index (Phi) is 3.96. The smallest absolute Gasteiger partial charge is 0.410 e. The summed E-state index contributed by atoms with van der Waals surface area (Å²) in [6.45, 7) is 7.91. The molecule has 110 valence electrons. The topological polar surface area (TPSA) is 29.5 Å². The first-order valence-electron chi connectivity index (χ1n) is 6.63. The highest BCUT2D eigenvalue weighted by molar-refractivity contribution is 6.32. The van der Waals surface area contributed by atoms with Gasteiger partial charge in [-0.2, -0.15) is 0 Å². The van der Waals surface area contributed by atoms with Crippen molar-refractivity contribution in [2.45, 2.75) is 46.3 Å². The van der Waals surface area contributed by atoms with Crippen LogP contribution in [0.1, 0.15) is 37.5 Å². The fourth-order valence-corrected chi connectivity index (χ4v) is 2.55. The van der Waals surface area contributed by atoms with Gasteiger partial charge in [0.05, 0.1) is 6.54 Å². The minimum absolute atomic E-state index is 0.204. The summed E-state index contributed by atoms with van der Waals surface area (Å²) in [4.78, 5) is 13.6. The van der Waals surface area contributed by atoms with Crippen molar-refractivity contribution in [1.82, 2.24) is 4.90 Å². The van der Waals surface area contributed by atoms with E-state index in [0.717, 1.165) is 11.1 Å². The zero-order valence-corrected chi connectivity index (χ0v) is 13.0. The van der Waals surface area contributed by atoms with Crippen LogP contribution in [0.5, 0.6) is 0 Å². The van der Waals surface area contributed by atoms with E-state index in [1.54, 1.807) is 6.92 Å². The van der Waals surface area contributed by atoms with E-state index in [4.69, 9.17) is 16.3 Å². The first-order chi connectivity index (χ1) is 9.19. The highest BCUT2D eigenvalue weighted by Crippen LogP contribution is 2.31. The van der Waals surface area contributed by atoms with Crippen molar-refractivity contribution in [3.05, 3.63) is 33.6 Å². The van der Waals surface area contributed by atoms with Crippen LogP contribution in [-0.4, -0.2) is 23.1 Å². The molecule has 1 amide bonds. The largest absolute Gasteiger partial charge is 0.444 e. The Morgan fingerprint density at radius 3 is 2.65 bits per heavy atom. The van der Waals surface area contributed by atoms with Crippen LogP contribution in [-0.2, 0) is 17.7 Å². The first-order valence-corrected chi connectivity index (χ1v) is 7.01. The molecule has 0 fully saturated rings. The number of nitrogens with zero attached hydrogens (tertiary/aromatic N) is 1. The molecule has 0 unspecified atom stereocenters. The van der Waals surface area contributed by atoms with Gasteiger partial charge < -0.3 is 9.64 Å². The Bertz CT molecular complexity index is 552. The van der Waals surface area contributed by atoms with E-state index in [0.29, 0.717) is 23.6 Å². The van der Waals surface area contributed by atoms with E-state index in [1.165, 1.54) is 11.0 Å². The molecule has 1 heterocycles. The van der Waals surface area contributed by atoms with E-state index in [-0.39, 0.29) is 12.4 Å². The molecule has 1 aliphatic rings. The fourth-order valence-electron chi connectivity index (χ4n) is 2.29. The monoisotopic (exact) mass is 299 g/mol. The Morgan fingerprint density at radius 2 is 2.05 bits per heavy atom. The van der Waals surface area contributed by atoms with Crippen LogP contribution < -0.4 is 0 Å². The van der Waals surface area contributed by atoms with Gasteiger partial charge in [-0.25, -0.2) is 9.18 Å². The maximum absolute atomic E-state index is 14.0. The lowest BCUT2D eigenvalue weighted by Gasteiger charge is -2.32. The highest BCUT2D eigenvalue weighted by Gasteiger charge is 2.28. The van der Waals surface area contributed by atoms with Gasteiger partial charge >= 0.3 is 6.09 Å². The average molecular weight is 300 g/mol. The number of aryl methyl sites for hydroxylation is 1. The van der Waals surface area contributed by atoms with Crippen molar-refractivity contribution in [2.75, 3.05) is 6.54 Å². The quantitative estimate of drug-likeness (QED) is 0.722. The fraction of sp³-hybridized carbons (Fsp3) is 0.533. The predicted molar refractivity (Wildman–Crippen MR) is 76.5 cm³/mol. The van der Waals surface area contributed by atoms with E-state index in [1.807, 2.05) is 20.8 Å². The molecule has 0 atom stereocenters. The molecular weight excluding hydrogens is 281 g/mol. The zero-order valence-electron chi connectivity index (χ0n) is 12.2. The number of amides is 1. The van der Waals surface area contributed by atoms with Crippen LogP contribution in [0.4, 0.5) is 9.18 Å². The van der Waals surface area contributed by atoms with Crippen LogP contribution in [0.3, 0.4) is 0 Å². The van der Waals surface area contributed by atoms with Gasteiger partial charge in [0, 0.05) is 17.1 Å². The van der Waals surface area contributed by atoms with Gasteiger partial charge in [-0.1, -0.05) is 11.6 Å². The third-order valence-corrected chi connectivity index (χ3v) is 3.77. The summed E-state index contributed by atoms with van der Waals surface area (Å²) in [6, 6.07) is 1.42. The van der Waals surface area contributed by atoms with Gasteiger partial charge in [-0.05, 0) is 51.3 Å². The molecule has 20 heavy (non-hydrogen) atoms. The minimum Gasteiger partial charge on any atom is -0.444 e. The van der Waals surface area contributed by atoms with Crippen LogP contribution in [0, 0.1) is 12.7 Å². The molecule has 0 radical (unpaired) electrons. The van der Waals surface area contributed by atoms with E-state index < -0.39 is 11.7 Å². The zero-order chi connectivity index (χ0) is 15.1. The average Bonchev–Trinajstić information content (AvgIpc) is 2.33. The van der Waals surface area contributed by atoms with E-state index in [2.05, 4.69) is 0 Å². The number of ether oxygens (including phenoxy) is 1. The molecule has 1 aliphatic heterocycles. The van der Waals surface area contributed by atoms with E-state index >= 15 is 0 Å². The Balaban J connectivity index is 2.24. The molecule has 1 aromatic carbocycles. The van der Waals surface area contributed by atoms with Crippen molar-refractivity contribution in [3.63, 3.8) is 0 Å². The lowest BCUT2D eigenvalue weighted by molar-refractivity contribution is 0.0222. The lowest BCUT2D eigenvalue weighted by Crippen LogP contribution is -2.40. The number of benzene rings is 1. The van der Waals surface area contributed by atoms with Crippen LogP contribution in [0.2, 0.25) is 5.02 Å². The van der Waals surface area contributed by atoms with E-state index in [9.17, 15) is 9.18 Å². The van der Waals surface area contributed by atoms with Crippen molar-refractivity contribution >= 4 is 17.7 Å². The molecule has 0 aliphatic carbocycles. The molecular formula is C15H19ClFNO2. The van der Waals surface area contributed by atoms with Crippen molar-refractivity contribution in [3.8, 4) is 0 Å². The molecule has 0 N–H and O–H groups in total. The molecule has 2 rings (SSSR count). The second kappa shape index (κ2) is 5.24. The van der Waals surface area contributed by atoms with Crippen molar-refractivity contribution < 1.29 is 13.9 Å². The Morgan fingerprint density at radius 1 is 1.40 bits per heavy atom. The Labute approximate surface area is 123 Å².